The van der Waals surface area contributed by atoms with Gasteiger partial charge in [0.1, 0.15) is 0 Å². The fourth-order valence-electron chi connectivity index (χ4n) is 0.999. The standard InChI is InChI=1S/C9H17N/c1-5-7-9(10-4)8(3)6-2/h1,8-10H,6-7H2,2-4H3. The fraction of sp³-hybridized carbons (Fsp3) is 0.778. The number of hydrogen-bond donors (Lipinski definition) is 1. The molecule has 10 heavy (non-hydrogen) atoms. The Morgan fingerprint density at radius 2 is 2.20 bits per heavy atom. The summed E-state index contributed by atoms with van der Waals surface area (Å²) >= 11 is 0. The topological polar surface area (TPSA) is 12.0 Å². The quantitative estimate of drug-likeness (QED) is 0.584. The molecule has 58 valence electrons. The summed E-state index contributed by atoms with van der Waals surface area (Å²) < 4.78 is 0. The highest BCUT2D eigenvalue weighted by molar-refractivity contribution is 4.90. The predicted octanol–water partition coefficient (Wildman–Crippen LogP) is 1.64. The Morgan fingerprint density at radius 3 is 2.50 bits per heavy atom. The van der Waals surface area contributed by atoms with Crippen LogP contribution in [0.4, 0.5) is 0 Å². The maximum atomic E-state index is 5.21. The molecule has 0 saturated carbocycles. The molecule has 0 amide bonds. The molecule has 0 aromatic carbocycles. The molecular formula is C9H17N. The van der Waals surface area contributed by atoms with Gasteiger partial charge in [-0.3, -0.25) is 0 Å². The van der Waals surface area contributed by atoms with Crippen molar-refractivity contribution in [3.63, 3.8) is 0 Å². The number of nitrogens with one attached hydrogen (secondary N) is 1. The number of terminal acetylenes is 1. The summed E-state index contributed by atoms with van der Waals surface area (Å²) in [5.41, 5.74) is 0. The summed E-state index contributed by atoms with van der Waals surface area (Å²) in [6, 6.07) is 0.495. The predicted molar refractivity (Wildman–Crippen MR) is 45.8 cm³/mol. The van der Waals surface area contributed by atoms with Crippen molar-refractivity contribution in [3.8, 4) is 12.3 Å². The van der Waals surface area contributed by atoms with Gasteiger partial charge in [0.05, 0.1) is 0 Å². The van der Waals surface area contributed by atoms with Gasteiger partial charge in [0.25, 0.3) is 0 Å². The van der Waals surface area contributed by atoms with Crippen LogP contribution < -0.4 is 5.32 Å². The highest BCUT2D eigenvalue weighted by Crippen LogP contribution is 2.09. The Bertz CT molecular complexity index is 112. The van der Waals surface area contributed by atoms with Crippen LogP contribution in [0.3, 0.4) is 0 Å². The number of hydrogen-bond acceptors (Lipinski definition) is 1. The van der Waals surface area contributed by atoms with Gasteiger partial charge in [-0.1, -0.05) is 20.3 Å². The first-order valence-corrected chi connectivity index (χ1v) is 3.87. The van der Waals surface area contributed by atoms with Crippen LogP contribution in [0, 0.1) is 18.3 Å². The molecule has 1 N–H and O–H groups in total. The monoisotopic (exact) mass is 139 g/mol. The second kappa shape index (κ2) is 5.32. The third kappa shape index (κ3) is 2.89. The molecule has 0 heterocycles. The molecule has 0 fully saturated rings. The SMILES string of the molecule is C#CCC(NC)C(C)CC. The summed E-state index contributed by atoms with van der Waals surface area (Å²) in [5, 5.41) is 3.21. The summed E-state index contributed by atoms with van der Waals surface area (Å²) in [6.07, 6.45) is 7.23. The van der Waals surface area contributed by atoms with Crippen molar-refractivity contribution in [1.29, 1.82) is 0 Å². The fourth-order valence-corrected chi connectivity index (χ4v) is 0.999. The van der Waals surface area contributed by atoms with E-state index in [2.05, 4.69) is 25.1 Å². The minimum atomic E-state index is 0.495. The van der Waals surface area contributed by atoms with Crippen molar-refractivity contribution in [2.45, 2.75) is 32.7 Å². The number of rotatable bonds is 4. The van der Waals surface area contributed by atoms with Crippen LogP contribution in [0.1, 0.15) is 26.7 Å². The van der Waals surface area contributed by atoms with Crippen LogP contribution in [0.2, 0.25) is 0 Å². The second-order valence-corrected chi connectivity index (χ2v) is 2.69. The van der Waals surface area contributed by atoms with Crippen LogP contribution in [0.25, 0.3) is 0 Å². The van der Waals surface area contributed by atoms with Gasteiger partial charge in [-0.05, 0) is 13.0 Å². The smallest absolute Gasteiger partial charge is 0.0243 e. The average molecular weight is 139 g/mol. The minimum absolute atomic E-state index is 0.495. The van der Waals surface area contributed by atoms with E-state index in [1.54, 1.807) is 0 Å². The summed E-state index contributed by atoms with van der Waals surface area (Å²) in [4.78, 5) is 0. The van der Waals surface area contributed by atoms with Crippen molar-refractivity contribution >= 4 is 0 Å². The van der Waals surface area contributed by atoms with Gasteiger partial charge in [-0.2, -0.15) is 0 Å². The third-order valence-corrected chi connectivity index (χ3v) is 2.04. The highest BCUT2D eigenvalue weighted by Gasteiger charge is 2.10. The Labute approximate surface area is 64.2 Å². The molecule has 1 nitrogen and oxygen atoms in total. The van der Waals surface area contributed by atoms with Gasteiger partial charge in [0.15, 0.2) is 0 Å². The van der Waals surface area contributed by atoms with E-state index in [1.807, 2.05) is 7.05 Å². The second-order valence-electron chi connectivity index (χ2n) is 2.69. The van der Waals surface area contributed by atoms with Crippen molar-refractivity contribution in [3.05, 3.63) is 0 Å². The molecule has 2 unspecified atom stereocenters. The van der Waals surface area contributed by atoms with E-state index in [1.165, 1.54) is 6.42 Å². The molecule has 0 aliphatic carbocycles. The first-order valence-electron chi connectivity index (χ1n) is 3.87. The zero-order chi connectivity index (χ0) is 7.98. The summed E-state index contributed by atoms with van der Waals surface area (Å²) in [7, 11) is 1.97. The van der Waals surface area contributed by atoms with Gasteiger partial charge < -0.3 is 5.32 Å². The zero-order valence-electron chi connectivity index (χ0n) is 7.15. The van der Waals surface area contributed by atoms with Gasteiger partial charge in [0.2, 0.25) is 0 Å². The maximum Gasteiger partial charge on any atom is 0.0243 e. The lowest BCUT2D eigenvalue weighted by Crippen LogP contribution is -2.31. The molecule has 1 heteroatoms. The van der Waals surface area contributed by atoms with E-state index in [0.717, 1.165) is 6.42 Å². The third-order valence-electron chi connectivity index (χ3n) is 2.04. The van der Waals surface area contributed by atoms with Crippen molar-refractivity contribution in [2.24, 2.45) is 5.92 Å². The van der Waals surface area contributed by atoms with Gasteiger partial charge in [-0.25, -0.2) is 0 Å². The van der Waals surface area contributed by atoms with E-state index in [4.69, 9.17) is 6.42 Å². The van der Waals surface area contributed by atoms with Crippen LogP contribution in [0.5, 0.6) is 0 Å². The molecule has 0 aliphatic rings. The van der Waals surface area contributed by atoms with Crippen LogP contribution in [0.15, 0.2) is 0 Å². The summed E-state index contributed by atoms with van der Waals surface area (Å²) in [5.74, 6) is 3.35. The van der Waals surface area contributed by atoms with Crippen molar-refractivity contribution in [2.75, 3.05) is 7.05 Å². The first kappa shape index (κ1) is 9.52. The Balaban J connectivity index is 3.70. The van der Waals surface area contributed by atoms with E-state index >= 15 is 0 Å². The Hall–Kier alpha value is -0.480. The van der Waals surface area contributed by atoms with Gasteiger partial charge in [-0.15, -0.1) is 12.3 Å². The lowest BCUT2D eigenvalue weighted by Gasteiger charge is -2.19. The van der Waals surface area contributed by atoms with Crippen LogP contribution in [-0.4, -0.2) is 13.1 Å². The van der Waals surface area contributed by atoms with Crippen LogP contribution >= 0.6 is 0 Å². The Morgan fingerprint density at radius 1 is 1.60 bits per heavy atom. The normalized spacial score (nSPS) is 15.8. The van der Waals surface area contributed by atoms with Crippen molar-refractivity contribution < 1.29 is 0 Å². The Kier molecular flexibility index (Phi) is 5.06. The molecule has 0 spiro atoms. The molecule has 0 saturated heterocycles. The maximum absolute atomic E-state index is 5.21. The largest absolute Gasteiger partial charge is 0.316 e. The first-order chi connectivity index (χ1) is 4.76. The lowest BCUT2D eigenvalue weighted by atomic mass is 9.97. The van der Waals surface area contributed by atoms with E-state index < -0.39 is 0 Å². The molecule has 0 aromatic heterocycles. The molecule has 0 rings (SSSR count). The zero-order valence-corrected chi connectivity index (χ0v) is 7.15. The van der Waals surface area contributed by atoms with E-state index in [0.29, 0.717) is 12.0 Å². The van der Waals surface area contributed by atoms with Crippen molar-refractivity contribution in [1.82, 2.24) is 5.32 Å². The summed E-state index contributed by atoms with van der Waals surface area (Å²) in [6.45, 7) is 4.41. The molecule has 0 aliphatic heterocycles. The van der Waals surface area contributed by atoms with Gasteiger partial charge >= 0.3 is 0 Å². The van der Waals surface area contributed by atoms with E-state index in [-0.39, 0.29) is 0 Å². The molecule has 0 bridgehead atoms. The molecular weight excluding hydrogens is 122 g/mol. The average Bonchev–Trinajstić information content (AvgIpc) is 1.99. The van der Waals surface area contributed by atoms with E-state index in [9.17, 15) is 0 Å². The van der Waals surface area contributed by atoms with Crippen LogP contribution in [-0.2, 0) is 0 Å². The highest BCUT2D eigenvalue weighted by atomic mass is 14.9. The molecule has 0 radical (unpaired) electrons. The lowest BCUT2D eigenvalue weighted by molar-refractivity contribution is 0.395. The minimum Gasteiger partial charge on any atom is -0.316 e. The molecule has 0 aromatic rings. The van der Waals surface area contributed by atoms with Gasteiger partial charge in [0, 0.05) is 12.5 Å². The molecule has 2 atom stereocenters.